The van der Waals surface area contributed by atoms with Crippen molar-refractivity contribution in [2.24, 2.45) is 0 Å². The molecule has 1 aliphatic heterocycles. The normalized spacial score (nSPS) is 13.9. The van der Waals surface area contributed by atoms with Crippen molar-refractivity contribution in [1.29, 1.82) is 0 Å². The Labute approximate surface area is 148 Å². The van der Waals surface area contributed by atoms with E-state index in [1.54, 1.807) is 25.3 Å². The zero-order chi connectivity index (χ0) is 17.9. The molecule has 2 aromatic rings. The molecule has 0 amide bonds. The summed E-state index contributed by atoms with van der Waals surface area (Å²) in [5.74, 6) is 1.50. The molecule has 25 heavy (non-hydrogen) atoms. The summed E-state index contributed by atoms with van der Waals surface area (Å²) in [5.41, 5.74) is 1.84. The van der Waals surface area contributed by atoms with Gasteiger partial charge >= 0.3 is 0 Å². The number of likely N-dealkylation sites (N-methyl/N-ethyl adjacent to an activating group) is 1. The minimum Gasteiger partial charge on any atom is -0.497 e. The van der Waals surface area contributed by atoms with Crippen LogP contribution < -0.4 is 19.1 Å². The highest BCUT2D eigenvalue weighted by Gasteiger charge is 2.20. The molecule has 0 atom stereocenters. The lowest BCUT2D eigenvalue weighted by Gasteiger charge is -2.28. The van der Waals surface area contributed by atoms with Crippen molar-refractivity contribution in [3.8, 4) is 11.5 Å². The first-order valence-corrected chi connectivity index (χ1v) is 9.58. The fourth-order valence-electron chi connectivity index (χ4n) is 2.70. The smallest absolute Gasteiger partial charge is 0.240 e. The van der Waals surface area contributed by atoms with Crippen molar-refractivity contribution in [1.82, 2.24) is 4.72 Å². The first kappa shape index (κ1) is 17.6. The zero-order valence-corrected chi connectivity index (χ0v) is 15.2. The molecule has 0 fully saturated rings. The molecule has 2 aromatic carbocycles. The first-order chi connectivity index (χ1) is 12.0. The minimum atomic E-state index is -3.56. The third-order valence-corrected chi connectivity index (χ3v) is 5.66. The Morgan fingerprint density at radius 3 is 2.68 bits per heavy atom. The van der Waals surface area contributed by atoms with Gasteiger partial charge in [0.2, 0.25) is 10.0 Å². The average molecular weight is 362 g/mol. The van der Waals surface area contributed by atoms with E-state index in [1.807, 2.05) is 36.2 Å². The Bertz CT molecular complexity index is 835. The van der Waals surface area contributed by atoms with E-state index in [2.05, 4.69) is 4.72 Å². The van der Waals surface area contributed by atoms with Gasteiger partial charge in [0.25, 0.3) is 0 Å². The maximum absolute atomic E-state index is 12.5. The fourth-order valence-corrected chi connectivity index (χ4v) is 3.75. The number of hydrogen-bond acceptors (Lipinski definition) is 5. The van der Waals surface area contributed by atoms with Crippen LogP contribution in [0.15, 0.2) is 47.4 Å². The molecule has 0 aliphatic carbocycles. The molecule has 134 valence electrons. The van der Waals surface area contributed by atoms with E-state index in [9.17, 15) is 8.42 Å². The molecule has 3 rings (SSSR count). The molecule has 0 saturated carbocycles. The molecule has 6 nitrogen and oxygen atoms in total. The Morgan fingerprint density at radius 2 is 1.96 bits per heavy atom. The predicted octanol–water partition coefficient (Wildman–Crippen LogP) is 2.04. The topological polar surface area (TPSA) is 67.9 Å². The molecular weight excluding hydrogens is 340 g/mol. The van der Waals surface area contributed by atoms with Gasteiger partial charge in [-0.05, 0) is 42.3 Å². The number of hydrogen-bond donors (Lipinski definition) is 1. The number of methoxy groups -OCH3 is 1. The fraction of sp³-hybridized carbons (Fsp3) is 0.333. The van der Waals surface area contributed by atoms with E-state index < -0.39 is 10.0 Å². The molecule has 0 spiro atoms. The van der Waals surface area contributed by atoms with Crippen LogP contribution in [0, 0.1) is 0 Å². The largest absolute Gasteiger partial charge is 0.497 e. The number of nitrogens with one attached hydrogen (secondary N) is 1. The maximum Gasteiger partial charge on any atom is 0.240 e. The van der Waals surface area contributed by atoms with Crippen LogP contribution in [0.4, 0.5) is 5.69 Å². The van der Waals surface area contributed by atoms with Gasteiger partial charge in [-0.15, -0.1) is 0 Å². The molecule has 1 heterocycles. The lowest BCUT2D eigenvalue weighted by molar-refractivity contribution is 0.311. The van der Waals surface area contributed by atoms with E-state index in [-0.39, 0.29) is 4.90 Å². The summed E-state index contributed by atoms with van der Waals surface area (Å²) in [5, 5.41) is 0. The van der Waals surface area contributed by atoms with Gasteiger partial charge in [-0.2, -0.15) is 0 Å². The number of rotatable bonds is 6. The number of ether oxygens (including phenoxy) is 2. The lowest BCUT2D eigenvalue weighted by atomic mass is 10.1. The monoisotopic (exact) mass is 362 g/mol. The Morgan fingerprint density at radius 1 is 1.20 bits per heavy atom. The number of fused-ring (bicyclic) bond motifs is 1. The number of nitrogens with zero attached hydrogens (tertiary/aromatic N) is 1. The molecule has 0 radical (unpaired) electrons. The highest BCUT2D eigenvalue weighted by Crippen LogP contribution is 2.32. The molecule has 1 N–H and O–H groups in total. The van der Waals surface area contributed by atoms with E-state index in [0.717, 1.165) is 23.5 Å². The van der Waals surface area contributed by atoms with E-state index in [4.69, 9.17) is 9.47 Å². The number of anilines is 1. The molecule has 1 aliphatic rings. The van der Waals surface area contributed by atoms with Gasteiger partial charge in [0.05, 0.1) is 24.2 Å². The van der Waals surface area contributed by atoms with Gasteiger partial charge < -0.3 is 14.4 Å². The summed E-state index contributed by atoms with van der Waals surface area (Å²) in [7, 11) is -0.0164. The van der Waals surface area contributed by atoms with Crippen LogP contribution in [0.2, 0.25) is 0 Å². The van der Waals surface area contributed by atoms with Gasteiger partial charge in [0.1, 0.15) is 18.1 Å². The standard InChI is InChI=1S/C18H22N2O4S/c1-20-11-12-24-18-8-7-16(13-17(18)20)25(21,22)19-10-9-14-3-5-15(23-2)6-4-14/h3-8,13,19H,9-12H2,1-2H3. The van der Waals surface area contributed by atoms with E-state index >= 15 is 0 Å². The zero-order valence-electron chi connectivity index (χ0n) is 14.4. The summed E-state index contributed by atoms with van der Waals surface area (Å²) < 4.78 is 38.4. The van der Waals surface area contributed by atoms with Crippen molar-refractivity contribution in [2.75, 3.05) is 38.8 Å². The summed E-state index contributed by atoms with van der Waals surface area (Å²) in [6.45, 7) is 1.68. The van der Waals surface area contributed by atoms with Crippen LogP contribution in [0.25, 0.3) is 0 Å². The second kappa shape index (κ2) is 7.33. The molecule has 0 unspecified atom stereocenters. The third-order valence-electron chi connectivity index (χ3n) is 4.20. The van der Waals surface area contributed by atoms with Crippen LogP contribution in [0.5, 0.6) is 11.5 Å². The second-order valence-corrected chi connectivity index (χ2v) is 7.66. The quantitative estimate of drug-likeness (QED) is 0.852. The van der Waals surface area contributed by atoms with Crippen LogP contribution in [-0.2, 0) is 16.4 Å². The van der Waals surface area contributed by atoms with Crippen LogP contribution >= 0.6 is 0 Å². The highest BCUT2D eigenvalue weighted by atomic mass is 32.2. The van der Waals surface area contributed by atoms with Crippen LogP contribution in [-0.4, -0.2) is 42.3 Å². The number of benzene rings is 2. The van der Waals surface area contributed by atoms with Crippen molar-refractivity contribution >= 4 is 15.7 Å². The predicted molar refractivity (Wildman–Crippen MR) is 97.1 cm³/mol. The van der Waals surface area contributed by atoms with Crippen LogP contribution in [0.1, 0.15) is 5.56 Å². The van der Waals surface area contributed by atoms with Crippen molar-refractivity contribution < 1.29 is 17.9 Å². The van der Waals surface area contributed by atoms with Gasteiger partial charge in [-0.1, -0.05) is 12.1 Å². The van der Waals surface area contributed by atoms with Gasteiger partial charge in [0, 0.05) is 13.6 Å². The van der Waals surface area contributed by atoms with Crippen molar-refractivity contribution in [2.45, 2.75) is 11.3 Å². The maximum atomic E-state index is 12.5. The Kier molecular flexibility index (Phi) is 5.15. The number of sulfonamides is 1. The Balaban J connectivity index is 1.66. The minimum absolute atomic E-state index is 0.248. The molecular formula is C18H22N2O4S. The summed E-state index contributed by atoms with van der Waals surface area (Å²) >= 11 is 0. The second-order valence-electron chi connectivity index (χ2n) is 5.90. The van der Waals surface area contributed by atoms with E-state index in [0.29, 0.717) is 25.3 Å². The van der Waals surface area contributed by atoms with Crippen molar-refractivity contribution in [3.63, 3.8) is 0 Å². The third kappa shape index (κ3) is 4.05. The van der Waals surface area contributed by atoms with Crippen molar-refractivity contribution in [3.05, 3.63) is 48.0 Å². The summed E-state index contributed by atoms with van der Waals surface area (Å²) in [6, 6.07) is 12.5. The molecule has 0 aromatic heterocycles. The highest BCUT2D eigenvalue weighted by molar-refractivity contribution is 7.89. The van der Waals surface area contributed by atoms with Gasteiger partial charge in [-0.3, -0.25) is 0 Å². The van der Waals surface area contributed by atoms with Gasteiger partial charge in [-0.25, -0.2) is 13.1 Å². The first-order valence-electron chi connectivity index (χ1n) is 8.10. The van der Waals surface area contributed by atoms with Gasteiger partial charge in [0.15, 0.2) is 0 Å². The van der Waals surface area contributed by atoms with E-state index in [1.165, 1.54) is 0 Å². The molecule has 7 heteroatoms. The SMILES string of the molecule is COc1ccc(CCNS(=O)(=O)c2ccc3c(c2)N(C)CCO3)cc1. The lowest BCUT2D eigenvalue weighted by Crippen LogP contribution is -2.30. The Hall–Kier alpha value is -2.25. The average Bonchev–Trinajstić information content (AvgIpc) is 2.62. The molecule has 0 saturated heterocycles. The summed E-state index contributed by atoms with van der Waals surface area (Å²) in [4.78, 5) is 2.24. The summed E-state index contributed by atoms with van der Waals surface area (Å²) in [6.07, 6.45) is 0.608. The molecule has 0 bridgehead atoms. The van der Waals surface area contributed by atoms with Crippen LogP contribution in [0.3, 0.4) is 0 Å².